The van der Waals surface area contributed by atoms with Crippen molar-refractivity contribution in [3.8, 4) is 22.3 Å². The average Bonchev–Trinajstić information content (AvgIpc) is 3.60. The predicted molar refractivity (Wildman–Crippen MR) is 206 cm³/mol. The van der Waals surface area contributed by atoms with Crippen LogP contribution in [0.5, 0.6) is 0 Å². The topological polar surface area (TPSA) is 0 Å². The van der Waals surface area contributed by atoms with Gasteiger partial charge in [-0.15, -0.1) is 0 Å². The van der Waals surface area contributed by atoms with Crippen LogP contribution < -0.4 is 0 Å². The van der Waals surface area contributed by atoms with Gasteiger partial charge in [-0.3, -0.25) is 0 Å². The molecular formula is C47H36Si. The Morgan fingerprint density at radius 2 is 1.02 bits per heavy atom. The number of hydrogen-bond acceptors (Lipinski definition) is 0. The fourth-order valence-corrected chi connectivity index (χ4v) is 10.3. The minimum absolute atomic E-state index is 0.383. The highest BCUT2D eigenvalue weighted by Gasteiger charge is 2.36. The highest BCUT2D eigenvalue weighted by molar-refractivity contribution is 6.44. The zero-order chi connectivity index (χ0) is 32.2. The second-order valence-corrected chi connectivity index (χ2v) is 14.9. The van der Waals surface area contributed by atoms with Gasteiger partial charge in [0.1, 0.15) is 0 Å². The summed E-state index contributed by atoms with van der Waals surface area (Å²) >= 11 is 0. The van der Waals surface area contributed by atoms with E-state index in [1.54, 1.807) is 0 Å². The van der Waals surface area contributed by atoms with Gasteiger partial charge >= 0.3 is 0 Å². The van der Waals surface area contributed by atoms with Crippen molar-refractivity contribution >= 4 is 42.7 Å². The molecule has 2 aliphatic rings. The summed E-state index contributed by atoms with van der Waals surface area (Å²) in [6, 6.07) is 56.2. The SMILES string of the molecule is CC1=Cc2c(-c3cccc4ccccc34)cccc2C1[Si]C1C(C)=C(Cc2ccccc2)c2c(-c3cccc4ccccc34)cccc21. The lowest BCUT2D eigenvalue weighted by molar-refractivity contribution is 1.03. The smallest absolute Gasteiger partial charge is 0.0678 e. The Bertz CT molecular complexity index is 2420. The lowest BCUT2D eigenvalue weighted by atomic mass is 9.88. The third-order valence-electron chi connectivity index (χ3n) is 10.6. The first kappa shape index (κ1) is 28.9. The molecule has 0 aromatic heterocycles. The summed E-state index contributed by atoms with van der Waals surface area (Å²) in [4.78, 5) is 0. The molecule has 0 spiro atoms. The Hall–Kier alpha value is -5.24. The van der Waals surface area contributed by atoms with Gasteiger partial charge in [0.05, 0.1) is 9.52 Å². The molecule has 0 fully saturated rings. The molecule has 2 radical (unpaired) electrons. The summed E-state index contributed by atoms with van der Waals surface area (Å²) < 4.78 is 0. The molecule has 48 heavy (non-hydrogen) atoms. The number of rotatable bonds is 6. The maximum Gasteiger partial charge on any atom is 0.0678 e. The van der Waals surface area contributed by atoms with E-state index in [1.165, 1.54) is 88.3 Å². The first-order valence-electron chi connectivity index (χ1n) is 17.1. The van der Waals surface area contributed by atoms with Gasteiger partial charge < -0.3 is 0 Å². The quantitative estimate of drug-likeness (QED) is 0.161. The maximum absolute atomic E-state index is 2.48. The zero-order valence-electron chi connectivity index (χ0n) is 27.4. The van der Waals surface area contributed by atoms with Gasteiger partial charge in [-0.2, -0.15) is 0 Å². The molecule has 2 aliphatic carbocycles. The van der Waals surface area contributed by atoms with Gasteiger partial charge in [0.2, 0.25) is 0 Å². The van der Waals surface area contributed by atoms with Crippen LogP contribution in [0.1, 0.15) is 52.7 Å². The van der Waals surface area contributed by atoms with Crippen molar-refractivity contribution in [3.63, 3.8) is 0 Å². The van der Waals surface area contributed by atoms with Crippen molar-refractivity contribution in [1.82, 2.24) is 0 Å². The Morgan fingerprint density at radius 1 is 0.479 bits per heavy atom. The molecule has 0 saturated carbocycles. The van der Waals surface area contributed by atoms with E-state index in [0.717, 1.165) is 15.9 Å². The Labute approximate surface area is 285 Å². The predicted octanol–water partition coefficient (Wildman–Crippen LogP) is 12.3. The van der Waals surface area contributed by atoms with Gasteiger partial charge in [0.25, 0.3) is 0 Å². The van der Waals surface area contributed by atoms with Crippen LogP contribution in [0.25, 0.3) is 55.4 Å². The fourth-order valence-electron chi connectivity index (χ4n) is 8.31. The van der Waals surface area contributed by atoms with E-state index in [1.807, 2.05) is 0 Å². The second kappa shape index (κ2) is 11.8. The Morgan fingerprint density at radius 3 is 1.73 bits per heavy atom. The van der Waals surface area contributed by atoms with Crippen LogP contribution in [-0.4, -0.2) is 9.52 Å². The van der Waals surface area contributed by atoms with Crippen molar-refractivity contribution in [2.75, 3.05) is 0 Å². The molecule has 2 atom stereocenters. The summed E-state index contributed by atoms with van der Waals surface area (Å²) in [6.07, 6.45) is 3.43. The Kier molecular flexibility index (Phi) is 7.10. The van der Waals surface area contributed by atoms with E-state index < -0.39 is 0 Å². The summed E-state index contributed by atoms with van der Waals surface area (Å²) in [5, 5.41) is 5.22. The van der Waals surface area contributed by atoms with Crippen LogP contribution in [0, 0.1) is 0 Å². The lowest BCUT2D eigenvalue weighted by Crippen LogP contribution is -2.17. The van der Waals surface area contributed by atoms with Crippen LogP contribution in [0.4, 0.5) is 0 Å². The minimum Gasteiger partial charge on any atom is -0.0684 e. The molecule has 0 amide bonds. The van der Waals surface area contributed by atoms with Crippen LogP contribution in [-0.2, 0) is 6.42 Å². The molecule has 1 heteroatoms. The number of benzene rings is 7. The van der Waals surface area contributed by atoms with Crippen molar-refractivity contribution < 1.29 is 0 Å². The van der Waals surface area contributed by atoms with Crippen LogP contribution in [0.2, 0.25) is 0 Å². The molecule has 0 heterocycles. The first-order chi connectivity index (χ1) is 23.7. The summed E-state index contributed by atoms with van der Waals surface area (Å²) in [5.74, 6) is 0. The van der Waals surface area contributed by atoms with E-state index in [9.17, 15) is 0 Å². The van der Waals surface area contributed by atoms with Crippen LogP contribution in [0.15, 0.2) is 163 Å². The van der Waals surface area contributed by atoms with Gasteiger partial charge in [-0.1, -0.05) is 169 Å². The summed E-state index contributed by atoms with van der Waals surface area (Å²) in [7, 11) is 0.725. The molecule has 0 saturated heterocycles. The standard InChI is InChI=1S/C47H36Si/c1-30-28-44-39(37-22-10-18-33-16-6-8-20-35(33)37)24-12-26-41(44)46(30)48-47-31(2)43(29-32-14-4-3-5-15-32)45-40(25-13-27-42(45)47)38-23-11-19-34-17-7-9-21-36(34)38/h3-28,46-47H,29H2,1-2H3. The van der Waals surface area contributed by atoms with E-state index in [0.29, 0.717) is 11.1 Å². The molecule has 7 aromatic carbocycles. The van der Waals surface area contributed by atoms with E-state index >= 15 is 0 Å². The van der Waals surface area contributed by atoms with E-state index in [-0.39, 0.29) is 0 Å². The highest BCUT2D eigenvalue weighted by atomic mass is 28.2. The molecule has 228 valence electrons. The fraction of sp³-hybridized carbons (Fsp3) is 0.106. The molecule has 2 unspecified atom stereocenters. The van der Waals surface area contributed by atoms with Crippen LogP contribution >= 0.6 is 0 Å². The van der Waals surface area contributed by atoms with Gasteiger partial charge in [-0.25, -0.2) is 0 Å². The second-order valence-electron chi connectivity index (χ2n) is 13.4. The number of hydrogen-bond donors (Lipinski definition) is 0. The zero-order valence-corrected chi connectivity index (χ0v) is 28.4. The number of allylic oxidation sites excluding steroid dienone is 3. The third-order valence-corrected chi connectivity index (χ3v) is 12.8. The molecule has 7 aromatic rings. The largest absolute Gasteiger partial charge is 0.0684 e. The number of fused-ring (bicyclic) bond motifs is 4. The average molecular weight is 629 g/mol. The monoisotopic (exact) mass is 628 g/mol. The maximum atomic E-state index is 2.48. The highest BCUT2D eigenvalue weighted by Crippen LogP contribution is 2.51. The molecule has 0 nitrogen and oxygen atoms in total. The van der Waals surface area contributed by atoms with Crippen molar-refractivity contribution in [1.29, 1.82) is 0 Å². The van der Waals surface area contributed by atoms with Crippen molar-refractivity contribution in [2.24, 2.45) is 0 Å². The summed E-state index contributed by atoms with van der Waals surface area (Å²) in [5.41, 5.74) is 17.9. The lowest BCUT2D eigenvalue weighted by Gasteiger charge is -2.22. The molecule has 0 N–H and O–H groups in total. The van der Waals surface area contributed by atoms with Crippen LogP contribution in [0.3, 0.4) is 0 Å². The van der Waals surface area contributed by atoms with Gasteiger partial charge in [-0.05, 0) is 109 Å². The van der Waals surface area contributed by atoms with Gasteiger partial charge in [0.15, 0.2) is 0 Å². The normalized spacial score (nSPS) is 16.8. The van der Waals surface area contributed by atoms with E-state index in [2.05, 4.69) is 172 Å². The third kappa shape index (κ3) is 4.73. The molecule has 0 bridgehead atoms. The molecule has 9 rings (SSSR count). The molecular weight excluding hydrogens is 593 g/mol. The van der Waals surface area contributed by atoms with Gasteiger partial charge in [0, 0.05) is 0 Å². The minimum atomic E-state index is 0.383. The molecule has 0 aliphatic heterocycles. The van der Waals surface area contributed by atoms with Crippen molar-refractivity contribution in [3.05, 3.63) is 191 Å². The van der Waals surface area contributed by atoms with E-state index in [4.69, 9.17) is 0 Å². The van der Waals surface area contributed by atoms with Crippen molar-refractivity contribution in [2.45, 2.75) is 31.4 Å². The summed E-state index contributed by atoms with van der Waals surface area (Å²) in [6.45, 7) is 4.78. The Balaban J connectivity index is 1.17. The first-order valence-corrected chi connectivity index (χ1v) is 18.2.